The molecule has 3 N–H and O–H groups in total. The van der Waals surface area contributed by atoms with Crippen molar-refractivity contribution in [2.75, 3.05) is 5.73 Å². The normalized spacial score (nSPS) is 26.8. The smallest absolute Gasteiger partial charge is 0.243 e. The summed E-state index contributed by atoms with van der Waals surface area (Å²) in [5.74, 6) is 1.11. The topological polar surface area (TPSA) is 72.2 Å². The fraction of sp³-hybridized carbons (Fsp3) is 0.625. The Labute approximate surface area is 128 Å². The van der Waals surface area contributed by atoms with E-state index < -0.39 is 10.0 Å². The van der Waals surface area contributed by atoms with Crippen LogP contribution in [0.2, 0.25) is 0 Å². The van der Waals surface area contributed by atoms with Crippen molar-refractivity contribution in [3.63, 3.8) is 0 Å². The van der Waals surface area contributed by atoms with Gasteiger partial charge < -0.3 is 5.73 Å². The first-order valence-corrected chi connectivity index (χ1v) is 9.07. The van der Waals surface area contributed by atoms with Crippen molar-refractivity contribution in [1.82, 2.24) is 4.72 Å². The first kappa shape index (κ1) is 16.3. The zero-order valence-corrected chi connectivity index (χ0v) is 14.1. The van der Waals surface area contributed by atoms with E-state index in [1.54, 1.807) is 6.07 Å². The second-order valence-corrected chi connectivity index (χ2v) is 8.31. The molecule has 1 aliphatic rings. The zero-order valence-electron chi connectivity index (χ0n) is 13.3. The molecule has 0 aliphatic heterocycles. The second kappa shape index (κ2) is 5.97. The van der Waals surface area contributed by atoms with Crippen molar-refractivity contribution in [2.24, 2.45) is 11.8 Å². The Morgan fingerprint density at radius 3 is 2.24 bits per heavy atom. The van der Waals surface area contributed by atoms with E-state index in [1.165, 1.54) is 6.42 Å². The minimum Gasteiger partial charge on any atom is -0.398 e. The van der Waals surface area contributed by atoms with E-state index in [0.29, 0.717) is 17.5 Å². The summed E-state index contributed by atoms with van der Waals surface area (Å²) < 4.78 is 28.3. The summed E-state index contributed by atoms with van der Waals surface area (Å²) in [7, 11) is -3.57. The van der Waals surface area contributed by atoms with Crippen molar-refractivity contribution in [1.29, 1.82) is 0 Å². The molecule has 1 aromatic carbocycles. The van der Waals surface area contributed by atoms with Gasteiger partial charge in [-0.15, -0.1) is 0 Å². The van der Waals surface area contributed by atoms with Gasteiger partial charge in [-0.1, -0.05) is 19.9 Å². The predicted octanol–water partition coefficient (Wildman–Crippen LogP) is 2.99. The number of nitrogens with one attached hydrogen (secondary N) is 1. The lowest BCUT2D eigenvalue weighted by Gasteiger charge is -2.32. The number of hydrogen-bond donors (Lipinski definition) is 2. The summed E-state index contributed by atoms with van der Waals surface area (Å²) in [4.78, 5) is 0.244. The number of nitrogens with two attached hydrogens (primary N) is 1. The van der Waals surface area contributed by atoms with Gasteiger partial charge in [-0.2, -0.15) is 0 Å². The Kier molecular flexibility index (Phi) is 4.63. The van der Waals surface area contributed by atoms with Gasteiger partial charge in [0.15, 0.2) is 0 Å². The Bertz CT molecular complexity index is 615. The van der Waals surface area contributed by atoms with Gasteiger partial charge in [0.25, 0.3) is 0 Å². The van der Waals surface area contributed by atoms with Gasteiger partial charge >= 0.3 is 0 Å². The van der Waals surface area contributed by atoms with Crippen LogP contribution in [0.15, 0.2) is 17.0 Å². The number of benzene rings is 1. The number of rotatable bonds is 3. The van der Waals surface area contributed by atoms with E-state index in [9.17, 15) is 8.42 Å². The SMILES string of the molecule is Cc1ccc(N)c(S(=O)(=O)NC2CC(C)CC(C)C2)c1C. The number of aryl methyl sites for hydroxylation is 1. The van der Waals surface area contributed by atoms with Gasteiger partial charge in [0.1, 0.15) is 4.90 Å². The molecule has 0 aromatic heterocycles. The standard InChI is InChI=1S/C16H26N2O2S/c1-10-7-11(2)9-14(8-10)18-21(19,20)16-13(4)12(3)5-6-15(16)17/h5-6,10-11,14,18H,7-9,17H2,1-4H3. The van der Waals surface area contributed by atoms with Gasteiger partial charge in [-0.25, -0.2) is 13.1 Å². The summed E-state index contributed by atoms with van der Waals surface area (Å²) in [5, 5.41) is 0. The molecule has 21 heavy (non-hydrogen) atoms. The zero-order chi connectivity index (χ0) is 15.8. The largest absolute Gasteiger partial charge is 0.398 e. The molecule has 118 valence electrons. The fourth-order valence-corrected chi connectivity index (χ4v) is 5.18. The van der Waals surface area contributed by atoms with Crippen LogP contribution in [0, 0.1) is 25.7 Å². The molecule has 4 nitrogen and oxygen atoms in total. The summed E-state index contributed by atoms with van der Waals surface area (Å²) in [6, 6.07) is 3.53. The molecule has 2 rings (SSSR count). The van der Waals surface area contributed by atoms with Gasteiger partial charge in [-0.3, -0.25) is 0 Å². The summed E-state index contributed by atoms with van der Waals surface area (Å²) in [5.41, 5.74) is 7.91. The fourth-order valence-electron chi connectivity index (χ4n) is 3.49. The molecule has 0 saturated heterocycles. The van der Waals surface area contributed by atoms with Crippen molar-refractivity contribution in [2.45, 2.75) is 57.9 Å². The molecule has 2 unspecified atom stereocenters. The highest BCUT2D eigenvalue weighted by Gasteiger charge is 2.29. The van der Waals surface area contributed by atoms with E-state index in [1.807, 2.05) is 19.9 Å². The first-order valence-electron chi connectivity index (χ1n) is 7.58. The van der Waals surface area contributed by atoms with Crippen LogP contribution < -0.4 is 10.5 Å². The maximum Gasteiger partial charge on any atom is 0.243 e. The number of hydrogen-bond acceptors (Lipinski definition) is 3. The quantitative estimate of drug-likeness (QED) is 0.843. The molecule has 0 spiro atoms. The average Bonchev–Trinajstić information content (AvgIpc) is 2.32. The molecule has 0 bridgehead atoms. The van der Waals surface area contributed by atoms with Gasteiger partial charge in [0, 0.05) is 6.04 Å². The highest BCUT2D eigenvalue weighted by Crippen LogP contribution is 2.31. The maximum atomic E-state index is 12.7. The van der Waals surface area contributed by atoms with E-state index in [4.69, 9.17) is 5.73 Å². The third kappa shape index (κ3) is 3.58. The molecule has 1 aromatic rings. The van der Waals surface area contributed by atoms with Gasteiger partial charge in [-0.05, 0) is 62.1 Å². The highest BCUT2D eigenvalue weighted by atomic mass is 32.2. The van der Waals surface area contributed by atoms with Crippen molar-refractivity contribution in [3.05, 3.63) is 23.3 Å². The predicted molar refractivity (Wildman–Crippen MR) is 86.6 cm³/mol. The maximum absolute atomic E-state index is 12.7. The Balaban J connectivity index is 2.29. The lowest BCUT2D eigenvalue weighted by Crippen LogP contribution is -2.40. The Hall–Kier alpha value is -1.07. The van der Waals surface area contributed by atoms with Crippen LogP contribution in [-0.2, 0) is 10.0 Å². The van der Waals surface area contributed by atoms with E-state index >= 15 is 0 Å². The average molecular weight is 310 g/mol. The minimum atomic E-state index is -3.57. The number of nitrogen functional groups attached to an aromatic ring is 1. The summed E-state index contributed by atoms with van der Waals surface area (Å²) in [6.45, 7) is 8.08. The molecule has 0 amide bonds. The number of anilines is 1. The highest BCUT2D eigenvalue weighted by molar-refractivity contribution is 7.89. The van der Waals surface area contributed by atoms with Crippen LogP contribution in [0.4, 0.5) is 5.69 Å². The van der Waals surface area contributed by atoms with Crippen molar-refractivity contribution >= 4 is 15.7 Å². The van der Waals surface area contributed by atoms with Crippen LogP contribution in [0.3, 0.4) is 0 Å². The van der Waals surface area contributed by atoms with Crippen LogP contribution in [0.1, 0.15) is 44.2 Å². The second-order valence-electron chi connectivity index (χ2n) is 6.66. The molecule has 5 heteroatoms. The Morgan fingerprint density at radius 1 is 1.10 bits per heavy atom. The van der Waals surface area contributed by atoms with E-state index in [-0.39, 0.29) is 10.9 Å². The summed E-state index contributed by atoms with van der Waals surface area (Å²) in [6.07, 6.45) is 2.96. The monoisotopic (exact) mass is 310 g/mol. The van der Waals surface area contributed by atoms with Crippen LogP contribution >= 0.6 is 0 Å². The minimum absolute atomic E-state index is 0.00747. The molecular weight excluding hydrogens is 284 g/mol. The molecule has 1 aliphatic carbocycles. The number of sulfonamides is 1. The van der Waals surface area contributed by atoms with Crippen molar-refractivity contribution < 1.29 is 8.42 Å². The van der Waals surface area contributed by atoms with Crippen LogP contribution in [0.5, 0.6) is 0 Å². The molecule has 2 atom stereocenters. The third-order valence-electron chi connectivity index (χ3n) is 4.48. The first-order chi connectivity index (χ1) is 9.70. The third-order valence-corrected chi connectivity index (χ3v) is 6.20. The Morgan fingerprint density at radius 2 is 1.67 bits per heavy atom. The molecule has 0 radical (unpaired) electrons. The van der Waals surface area contributed by atoms with Crippen LogP contribution in [0.25, 0.3) is 0 Å². The lowest BCUT2D eigenvalue weighted by molar-refractivity contribution is 0.257. The molecule has 0 heterocycles. The van der Waals surface area contributed by atoms with Gasteiger partial charge in [0.2, 0.25) is 10.0 Å². The van der Waals surface area contributed by atoms with Crippen LogP contribution in [-0.4, -0.2) is 14.5 Å². The van der Waals surface area contributed by atoms with E-state index in [2.05, 4.69) is 18.6 Å². The molecular formula is C16H26N2O2S. The van der Waals surface area contributed by atoms with E-state index in [0.717, 1.165) is 24.0 Å². The van der Waals surface area contributed by atoms with Gasteiger partial charge in [0.05, 0.1) is 5.69 Å². The van der Waals surface area contributed by atoms with Crippen molar-refractivity contribution in [3.8, 4) is 0 Å². The summed E-state index contributed by atoms with van der Waals surface area (Å²) >= 11 is 0. The lowest BCUT2D eigenvalue weighted by atomic mass is 9.81. The molecule has 1 fully saturated rings. The molecule has 1 saturated carbocycles.